The molecule has 2 nitrogen and oxygen atoms in total. The molecule has 0 fully saturated rings. The number of hydrogen-bond acceptors (Lipinski definition) is 2. The molecule has 68 valence electrons. The summed E-state index contributed by atoms with van der Waals surface area (Å²) < 4.78 is 12.1. The SMILES string of the molecule is N#CC(CF)NCc1ccccc1. The summed E-state index contributed by atoms with van der Waals surface area (Å²) in [6.07, 6.45) is 0. The van der Waals surface area contributed by atoms with Gasteiger partial charge in [-0.15, -0.1) is 0 Å². The van der Waals surface area contributed by atoms with Crippen molar-refractivity contribution in [2.45, 2.75) is 12.6 Å². The molecule has 0 saturated carbocycles. The predicted octanol–water partition coefficient (Wildman–Crippen LogP) is 1.64. The van der Waals surface area contributed by atoms with Gasteiger partial charge in [0.1, 0.15) is 12.7 Å². The van der Waals surface area contributed by atoms with Crippen molar-refractivity contribution in [1.29, 1.82) is 5.26 Å². The number of nitriles is 1. The van der Waals surface area contributed by atoms with Crippen LogP contribution in [0, 0.1) is 11.3 Å². The van der Waals surface area contributed by atoms with Crippen LogP contribution in [0.25, 0.3) is 0 Å². The molecule has 0 aromatic heterocycles. The minimum Gasteiger partial charge on any atom is -0.296 e. The lowest BCUT2D eigenvalue weighted by molar-refractivity contribution is 0.421. The minimum absolute atomic E-state index is 0.531. The summed E-state index contributed by atoms with van der Waals surface area (Å²) in [5.74, 6) is 0. The molecule has 0 spiro atoms. The largest absolute Gasteiger partial charge is 0.296 e. The maximum Gasteiger partial charge on any atom is 0.124 e. The molecule has 0 heterocycles. The van der Waals surface area contributed by atoms with Gasteiger partial charge in [-0.25, -0.2) is 4.39 Å². The van der Waals surface area contributed by atoms with E-state index < -0.39 is 12.7 Å². The number of rotatable bonds is 4. The fraction of sp³-hybridized carbons (Fsp3) is 0.300. The number of benzene rings is 1. The first kappa shape index (κ1) is 9.69. The van der Waals surface area contributed by atoms with E-state index in [2.05, 4.69) is 5.32 Å². The van der Waals surface area contributed by atoms with Gasteiger partial charge < -0.3 is 0 Å². The van der Waals surface area contributed by atoms with E-state index >= 15 is 0 Å². The number of halogens is 1. The first-order valence-electron chi connectivity index (χ1n) is 4.09. The minimum atomic E-state index is -0.694. The third-order valence-corrected chi connectivity index (χ3v) is 1.71. The quantitative estimate of drug-likeness (QED) is 0.760. The highest BCUT2D eigenvalue weighted by Crippen LogP contribution is 1.98. The topological polar surface area (TPSA) is 35.8 Å². The number of nitrogens with one attached hydrogen (secondary N) is 1. The summed E-state index contributed by atoms with van der Waals surface area (Å²) in [6.45, 7) is -0.119. The molecule has 0 radical (unpaired) electrons. The molecule has 1 unspecified atom stereocenters. The van der Waals surface area contributed by atoms with Gasteiger partial charge >= 0.3 is 0 Å². The standard InChI is InChI=1S/C10H11FN2/c11-6-10(7-12)13-8-9-4-2-1-3-5-9/h1-5,10,13H,6,8H2. The first-order valence-corrected chi connectivity index (χ1v) is 4.09. The molecule has 0 aliphatic rings. The zero-order valence-corrected chi connectivity index (χ0v) is 7.20. The van der Waals surface area contributed by atoms with Crippen LogP contribution in [0.3, 0.4) is 0 Å². The van der Waals surface area contributed by atoms with Gasteiger partial charge in [0.05, 0.1) is 6.07 Å². The second kappa shape index (κ2) is 5.28. The normalized spacial score (nSPS) is 12.0. The first-order chi connectivity index (χ1) is 6.36. The zero-order chi connectivity index (χ0) is 9.52. The van der Waals surface area contributed by atoms with Crippen molar-refractivity contribution >= 4 is 0 Å². The molecule has 0 aliphatic carbocycles. The van der Waals surface area contributed by atoms with Gasteiger partial charge in [-0.3, -0.25) is 5.32 Å². The van der Waals surface area contributed by atoms with Gasteiger partial charge in [-0.2, -0.15) is 5.26 Å². The van der Waals surface area contributed by atoms with Crippen LogP contribution in [-0.4, -0.2) is 12.7 Å². The van der Waals surface area contributed by atoms with Gasteiger partial charge in [0.15, 0.2) is 0 Å². The Morgan fingerprint density at radius 2 is 2.08 bits per heavy atom. The second-order valence-electron chi connectivity index (χ2n) is 2.70. The highest BCUT2D eigenvalue weighted by molar-refractivity contribution is 5.14. The predicted molar refractivity (Wildman–Crippen MR) is 48.7 cm³/mol. The maximum absolute atomic E-state index is 12.1. The molecule has 3 heteroatoms. The molecular weight excluding hydrogens is 167 g/mol. The van der Waals surface area contributed by atoms with Crippen molar-refractivity contribution in [3.05, 3.63) is 35.9 Å². The van der Waals surface area contributed by atoms with Gasteiger partial charge in [0, 0.05) is 6.54 Å². The van der Waals surface area contributed by atoms with E-state index in [1.165, 1.54) is 0 Å². The van der Waals surface area contributed by atoms with E-state index in [4.69, 9.17) is 5.26 Å². The molecule has 0 saturated heterocycles. The summed E-state index contributed by atoms with van der Waals surface area (Å²) in [7, 11) is 0. The summed E-state index contributed by atoms with van der Waals surface area (Å²) in [4.78, 5) is 0. The Kier molecular flexibility index (Phi) is 3.94. The smallest absolute Gasteiger partial charge is 0.124 e. The summed E-state index contributed by atoms with van der Waals surface area (Å²) in [6, 6.07) is 10.7. The molecule has 1 N–H and O–H groups in total. The van der Waals surface area contributed by atoms with E-state index in [0.29, 0.717) is 6.54 Å². The molecule has 1 rings (SSSR count). The van der Waals surface area contributed by atoms with Crippen LogP contribution in [0.4, 0.5) is 4.39 Å². The fourth-order valence-corrected chi connectivity index (χ4v) is 0.972. The average molecular weight is 178 g/mol. The lowest BCUT2D eigenvalue weighted by Crippen LogP contribution is -2.28. The Bertz CT molecular complexity index is 279. The summed E-state index contributed by atoms with van der Waals surface area (Å²) in [5.41, 5.74) is 1.05. The Morgan fingerprint density at radius 3 is 2.62 bits per heavy atom. The number of nitrogens with zero attached hydrogens (tertiary/aromatic N) is 1. The van der Waals surface area contributed by atoms with Crippen molar-refractivity contribution in [2.75, 3.05) is 6.67 Å². The molecule has 1 aromatic rings. The number of hydrogen-bond donors (Lipinski definition) is 1. The third-order valence-electron chi connectivity index (χ3n) is 1.71. The lowest BCUT2D eigenvalue weighted by Gasteiger charge is -2.06. The van der Waals surface area contributed by atoms with Gasteiger partial charge in [-0.05, 0) is 5.56 Å². The molecule has 0 amide bonds. The van der Waals surface area contributed by atoms with Crippen LogP contribution < -0.4 is 5.32 Å². The van der Waals surface area contributed by atoms with Gasteiger partial charge in [0.25, 0.3) is 0 Å². The third kappa shape index (κ3) is 3.22. The fourth-order valence-electron chi connectivity index (χ4n) is 0.972. The molecule has 1 atom stereocenters. The molecule has 0 bridgehead atoms. The second-order valence-corrected chi connectivity index (χ2v) is 2.70. The van der Waals surface area contributed by atoms with Crippen molar-refractivity contribution < 1.29 is 4.39 Å². The van der Waals surface area contributed by atoms with Crippen LogP contribution in [0.15, 0.2) is 30.3 Å². The van der Waals surface area contributed by atoms with E-state index in [0.717, 1.165) is 5.56 Å². The van der Waals surface area contributed by atoms with E-state index in [1.54, 1.807) is 0 Å². The van der Waals surface area contributed by atoms with Crippen molar-refractivity contribution in [1.82, 2.24) is 5.32 Å². The Labute approximate surface area is 77.0 Å². The van der Waals surface area contributed by atoms with E-state index in [1.807, 2.05) is 36.4 Å². The van der Waals surface area contributed by atoms with Crippen molar-refractivity contribution in [3.8, 4) is 6.07 Å². The van der Waals surface area contributed by atoms with E-state index in [-0.39, 0.29) is 0 Å². The molecule has 13 heavy (non-hydrogen) atoms. The van der Waals surface area contributed by atoms with Crippen LogP contribution in [0.5, 0.6) is 0 Å². The maximum atomic E-state index is 12.1. The monoisotopic (exact) mass is 178 g/mol. The average Bonchev–Trinajstić information content (AvgIpc) is 2.21. The summed E-state index contributed by atoms with van der Waals surface area (Å²) in [5, 5.41) is 11.3. The van der Waals surface area contributed by atoms with Crippen LogP contribution in [0.2, 0.25) is 0 Å². The van der Waals surface area contributed by atoms with Crippen LogP contribution in [0.1, 0.15) is 5.56 Å². The van der Waals surface area contributed by atoms with Crippen molar-refractivity contribution in [2.24, 2.45) is 0 Å². The van der Waals surface area contributed by atoms with Gasteiger partial charge in [0.2, 0.25) is 0 Å². The Morgan fingerprint density at radius 1 is 1.38 bits per heavy atom. The number of alkyl halides is 1. The van der Waals surface area contributed by atoms with Crippen molar-refractivity contribution in [3.63, 3.8) is 0 Å². The van der Waals surface area contributed by atoms with E-state index in [9.17, 15) is 4.39 Å². The lowest BCUT2D eigenvalue weighted by atomic mass is 10.2. The van der Waals surface area contributed by atoms with Crippen LogP contribution in [-0.2, 0) is 6.54 Å². The summed E-state index contributed by atoms with van der Waals surface area (Å²) >= 11 is 0. The zero-order valence-electron chi connectivity index (χ0n) is 7.20. The molecular formula is C10H11FN2. The molecule has 0 aliphatic heterocycles. The Balaban J connectivity index is 2.40. The highest BCUT2D eigenvalue weighted by atomic mass is 19.1. The highest BCUT2D eigenvalue weighted by Gasteiger charge is 2.04. The van der Waals surface area contributed by atoms with Crippen LogP contribution >= 0.6 is 0 Å². The molecule has 1 aromatic carbocycles. The Hall–Kier alpha value is -1.40. The van der Waals surface area contributed by atoms with Gasteiger partial charge in [-0.1, -0.05) is 30.3 Å².